The maximum atomic E-state index is 6.20. The Hall–Kier alpha value is -1.23. The molecule has 1 aliphatic heterocycles. The maximum Gasteiger partial charge on any atom is 0.150 e. The molecule has 0 atom stereocenters. The van der Waals surface area contributed by atoms with Gasteiger partial charge in [0.15, 0.2) is 0 Å². The molecule has 0 amide bonds. The highest BCUT2D eigenvalue weighted by Crippen LogP contribution is 2.29. The number of hydrogen-bond donors (Lipinski definition) is 1. The summed E-state index contributed by atoms with van der Waals surface area (Å²) in [6.07, 6.45) is 3.28. The molecule has 2 heterocycles. The van der Waals surface area contributed by atoms with E-state index in [-0.39, 0.29) is 0 Å². The van der Waals surface area contributed by atoms with Crippen LogP contribution < -0.4 is 10.6 Å². The number of nitrogens with zero attached hydrogens (tertiary/aromatic N) is 4. The number of anilines is 2. The van der Waals surface area contributed by atoms with Crippen LogP contribution in [0.2, 0.25) is 0 Å². The molecule has 0 bridgehead atoms. The van der Waals surface area contributed by atoms with Gasteiger partial charge < -0.3 is 15.5 Å². The van der Waals surface area contributed by atoms with Crippen molar-refractivity contribution in [3.63, 3.8) is 0 Å². The Balaban J connectivity index is 2.12. The summed E-state index contributed by atoms with van der Waals surface area (Å²) in [6.45, 7) is 4.23. The molecule has 1 aromatic heterocycles. The molecule has 1 fully saturated rings. The molecule has 0 radical (unpaired) electrons. The van der Waals surface area contributed by atoms with Crippen molar-refractivity contribution in [1.82, 2.24) is 14.7 Å². The van der Waals surface area contributed by atoms with Gasteiger partial charge in [-0.2, -0.15) is 5.10 Å². The molecule has 5 nitrogen and oxygen atoms in total. The summed E-state index contributed by atoms with van der Waals surface area (Å²) < 4.78 is 1.93. The van der Waals surface area contributed by atoms with E-state index in [9.17, 15) is 0 Å². The first kappa shape index (κ1) is 13.2. The summed E-state index contributed by atoms with van der Waals surface area (Å²) in [5.41, 5.74) is 8.08. The van der Waals surface area contributed by atoms with Crippen LogP contribution in [0, 0.1) is 0 Å². The van der Waals surface area contributed by atoms with Crippen LogP contribution in [0.5, 0.6) is 0 Å². The van der Waals surface area contributed by atoms with Crippen LogP contribution in [0.3, 0.4) is 0 Å². The second kappa shape index (κ2) is 5.18. The summed E-state index contributed by atoms with van der Waals surface area (Å²) in [6, 6.07) is 0.696. The van der Waals surface area contributed by atoms with E-state index in [1.54, 1.807) is 0 Å². The van der Waals surface area contributed by atoms with Crippen LogP contribution in [-0.4, -0.2) is 47.9 Å². The average Bonchev–Trinajstić information content (AvgIpc) is 2.64. The zero-order valence-corrected chi connectivity index (χ0v) is 12.0. The lowest BCUT2D eigenvalue weighted by Crippen LogP contribution is -2.42. The molecular weight excluding hydrogens is 226 g/mol. The highest BCUT2D eigenvalue weighted by Gasteiger charge is 2.25. The summed E-state index contributed by atoms with van der Waals surface area (Å²) in [4.78, 5) is 4.70. The quantitative estimate of drug-likeness (QED) is 0.874. The number of piperidine rings is 1. The van der Waals surface area contributed by atoms with Crippen LogP contribution in [-0.2, 0) is 13.5 Å². The van der Waals surface area contributed by atoms with Gasteiger partial charge in [-0.1, -0.05) is 6.92 Å². The molecule has 0 aliphatic carbocycles. The summed E-state index contributed by atoms with van der Waals surface area (Å²) in [5, 5.41) is 4.50. The zero-order valence-electron chi connectivity index (χ0n) is 12.0. The van der Waals surface area contributed by atoms with E-state index in [2.05, 4.69) is 35.9 Å². The molecular formula is C13H25N5. The van der Waals surface area contributed by atoms with Crippen molar-refractivity contribution in [2.45, 2.75) is 32.2 Å². The van der Waals surface area contributed by atoms with Gasteiger partial charge in [0.25, 0.3) is 0 Å². The lowest BCUT2D eigenvalue weighted by Gasteiger charge is -2.36. The first-order chi connectivity index (χ1) is 8.54. The van der Waals surface area contributed by atoms with Crippen LogP contribution in [0.25, 0.3) is 0 Å². The fraction of sp³-hybridized carbons (Fsp3) is 0.769. The second-order valence-electron chi connectivity index (χ2n) is 5.34. The van der Waals surface area contributed by atoms with Gasteiger partial charge in [-0.15, -0.1) is 0 Å². The summed E-state index contributed by atoms with van der Waals surface area (Å²) in [5.74, 6) is 1.10. The van der Waals surface area contributed by atoms with Gasteiger partial charge in [0.1, 0.15) is 5.82 Å². The number of nitrogen functional groups attached to an aromatic ring is 1. The minimum atomic E-state index is 0.696. The van der Waals surface area contributed by atoms with E-state index >= 15 is 0 Å². The Kier molecular flexibility index (Phi) is 3.80. The number of aromatic nitrogens is 2. The molecule has 0 aromatic carbocycles. The number of hydrogen-bond acceptors (Lipinski definition) is 4. The Morgan fingerprint density at radius 1 is 1.33 bits per heavy atom. The number of aryl methyl sites for hydroxylation is 2. The lowest BCUT2D eigenvalue weighted by atomic mass is 10.0. The maximum absolute atomic E-state index is 6.20. The molecule has 1 aromatic rings. The molecule has 5 heteroatoms. The largest absolute Gasteiger partial charge is 0.394 e. The van der Waals surface area contributed by atoms with E-state index in [4.69, 9.17) is 5.73 Å². The summed E-state index contributed by atoms with van der Waals surface area (Å²) in [7, 11) is 6.31. The van der Waals surface area contributed by atoms with E-state index < -0.39 is 0 Å². The van der Waals surface area contributed by atoms with Gasteiger partial charge in [0.2, 0.25) is 0 Å². The van der Waals surface area contributed by atoms with Gasteiger partial charge in [0.05, 0.1) is 11.4 Å². The van der Waals surface area contributed by atoms with Crippen molar-refractivity contribution < 1.29 is 0 Å². The highest BCUT2D eigenvalue weighted by atomic mass is 15.4. The molecule has 2 rings (SSSR count). The minimum Gasteiger partial charge on any atom is -0.394 e. The molecule has 102 valence electrons. The Morgan fingerprint density at radius 2 is 1.94 bits per heavy atom. The normalized spacial score (nSPS) is 17.7. The topological polar surface area (TPSA) is 50.3 Å². The van der Waals surface area contributed by atoms with E-state index in [1.807, 2.05) is 11.7 Å². The Labute approximate surface area is 110 Å². The molecule has 0 unspecified atom stereocenters. The Bertz CT molecular complexity index is 402. The van der Waals surface area contributed by atoms with Crippen LogP contribution in [0.4, 0.5) is 11.5 Å². The lowest BCUT2D eigenvalue weighted by molar-refractivity contribution is 0.249. The number of rotatable bonds is 3. The molecule has 0 saturated carbocycles. The third-order valence-corrected chi connectivity index (χ3v) is 3.96. The number of nitrogens with two attached hydrogens (primary N) is 1. The second-order valence-corrected chi connectivity index (χ2v) is 5.34. The predicted octanol–water partition coefficient (Wildman–Crippen LogP) is 1.10. The van der Waals surface area contributed by atoms with E-state index in [0.29, 0.717) is 6.04 Å². The fourth-order valence-electron chi connectivity index (χ4n) is 2.82. The van der Waals surface area contributed by atoms with Crippen LogP contribution in [0.15, 0.2) is 0 Å². The van der Waals surface area contributed by atoms with Gasteiger partial charge >= 0.3 is 0 Å². The zero-order chi connectivity index (χ0) is 13.3. The van der Waals surface area contributed by atoms with Crippen molar-refractivity contribution in [3.8, 4) is 0 Å². The SMILES string of the molecule is CCc1nn(C)c(N2CCC(N(C)C)CC2)c1N. The smallest absolute Gasteiger partial charge is 0.150 e. The molecule has 2 N–H and O–H groups in total. The third-order valence-electron chi connectivity index (χ3n) is 3.96. The molecule has 1 aliphatic rings. The first-order valence-corrected chi connectivity index (χ1v) is 6.77. The van der Waals surface area contributed by atoms with Crippen molar-refractivity contribution in [1.29, 1.82) is 0 Å². The van der Waals surface area contributed by atoms with E-state index in [1.165, 1.54) is 12.8 Å². The standard InChI is InChI=1S/C13H25N5/c1-5-11-12(14)13(17(4)15-11)18-8-6-10(7-9-18)16(2)3/h10H,5-9,14H2,1-4H3. The molecule has 0 spiro atoms. The van der Waals surface area contributed by atoms with Crippen molar-refractivity contribution in [2.24, 2.45) is 7.05 Å². The first-order valence-electron chi connectivity index (χ1n) is 6.77. The van der Waals surface area contributed by atoms with Gasteiger partial charge in [-0.25, -0.2) is 0 Å². The van der Waals surface area contributed by atoms with Crippen LogP contribution >= 0.6 is 0 Å². The van der Waals surface area contributed by atoms with Gasteiger partial charge in [-0.3, -0.25) is 4.68 Å². The molecule has 18 heavy (non-hydrogen) atoms. The van der Waals surface area contributed by atoms with Gasteiger partial charge in [-0.05, 0) is 33.4 Å². The molecule has 1 saturated heterocycles. The van der Waals surface area contributed by atoms with Crippen molar-refractivity contribution in [3.05, 3.63) is 5.69 Å². The van der Waals surface area contributed by atoms with Crippen LogP contribution in [0.1, 0.15) is 25.5 Å². The monoisotopic (exact) mass is 251 g/mol. The van der Waals surface area contributed by atoms with Crippen molar-refractivity contribution in [2.75, 3.05) is 37.8 Å². The average molecular weight is 251 g/mol. The Morgan fingerprint density at radius 3 is 2.39 bits per heavy atom. The summed E-state index contributed by atoms with van der Waals surface area (Å²) >= 11 is 0. The van der Waals surface area contributed by atoms with Crippen molar-refractivity contribution >= 4 is 11.5 Å². The fourth-order valence-corrected chi connectivity index (χ4v) is 2.82. The van der Waals surface area contributed by atoms with E-state index in [0.717, 1.165) is 36.7 Å². The minimum absolute atomic E-state index is 0.696. The highest BCUT2D eigenvalue weighted by molar-refractivity contribution is 5.66. The third kappa shape index (κ3) is 2.32. The van der Waals surface area contributed by atoms with Gasteiger partial charge in [0, 0.05) is 26.2 Å². The predicted molar refractivity (Wildman–Crippen MR) is 75.9 cm³/mol.